The van der Waals surface area contributed by atoms with E-state index in [4.69, 9.17) is 4.74 Å². The number of rotatable bonds is 4. The monoisotopic (exact) mass is 398 g/mol. The number of pyridine rings is 1. The Morgan fingerprint density at radius 1 is 1.18 bits per heavy atom. The van der Waals surface area contributed by atoms with Gasteiger partial charge in [0.25, 0.3) is 0 Å². The first-order valence-electron chi connectivity index (χ1n) is 8.80. The van der Waals surface area contributed by atoms with E-state index in [1.54, 1.807) is 43.3 Å². The van der Waals surface area contributed by atoms with E-state index in [1.807, 2.05) is 13.0 Å². The first-order chi connectivity index (χ1) is 13.3. The molecule has 1 aliphatic carbocycles. The highest BCUT2D eigenvalue weighted by molar-refractivity contribution is 7.91. The molecule has 0 N–H and O–H groups in total. The SMILES string of the molecule is CC1=CC=CC(C)(S(=O)(=O)n2ccc3c(Oc4ccccc4F)ccnc32)C1. The van der Waals surface area contributed by atoms with Crippen molar-refractivity contribution < 1.29 is 17.5 Å². The lowest BCUT2D eigenvalue weighted by molar-refractivity contribution is 0.446. The van der Waals surface area contributed by atoms with E-state index in [-0.39, 0.29) is 11.4 Å². The number of halogens is 1. The van der Waals surface area contributed by atoms with Crippen molar-refractivity contribution in [2.45, 2.75) is 25.0 Å². The quantitative estimate of drug-likeness (QED) is 0.633. The van der Waals surface area contributed by atoms with Crippen LogP contribution in [0.4, 0.5) is 4.39 Å². The third-order valence-electron chi connectivity index (χ3n) is 4.88. The number of allylic oxidation sites excluding steroid dienone is 3. The molecule has 1 aliphatic rings. The van der Waals surface area contributed by atoms with E-state index in [1.165, 1.54) is 28.5 Å². The van der Waals surface area contributed by atoms with Crippen LogP contribution in [0.5, 0.6) is 11.5 Å². The van der Waals surface area contributed by atoms with Crippen LogP contribution in [0.25, 0.3) is 11.0 Å². The molecule has 0 aliphatic heterocycles. The van der Waals surface area contributed by atoms with Gasteiger partial charge in [0, 0.05) is 12.4 Å². The van der Waals surface area contributed by atoms with Crippen molar-refractivity contribution in [3.8, 4) is 11.5 Å². The van der Waals surface area contributed by atoms with Crippen LogP contribution < -0.4 is 4.74 Å². The number of nitrogens with zero attached hydrogens (tertiary/aromatic N) is 2. The summed E-state index contributed by atoms with van der Waals surface area (Å²) in [6, 6.07) is 9.25. The molecule has 2 heterocycles. The Morgan fingerprint density at radius 3 is 2.71 bits per heavy atom. The predicted molar refractivity (Wildman–Crippen MR) is 106 cm³/mol. The van der Waals surface area contributed by atoms with Crippen LogP contribution in [0.3, 0.4) is 0 Å². The van der Waals surface area contributed by atoms with Crippen molar-refractivity contribution in [3.05, 3.63) is 78.4 Å². The molecule has 0 saturated heterocycles. The van der Waals surface area contributed by atoms with Gasteiger partial charge in [-0.2, -0.15) is 0 Å². The Kier molecular flexibility index (Phi) is 4.34. The zero-order valence-corrected chi connectivity index (χ0v) is 16.3. The van der Waals surface area contributed by atoms with Gasteiger partial charge in [-0.1, -0.05) is 35.9 Å². The van der Waals surface area contributed by atoms with Crippen LogP contribution in [0, 0.1) is 5.82 Å². The largest absolute Gasteiger partial charge is 0.453 e. The van der Waals surface area contributed by atoms with E-state index < -0.39 is 20.6 Å². The van der Waals surface area contributed by atoms with Crippen molar-refractivity contribution in [1.29, 1.82) is 0 Å². The van der Waals surface area contributed by atoms with Gasteiger partial charge in [-0.05, 0) is 44.5 Å². The molecule has 1 unspecified atom stereocenters. The molecular formula is C21H19FN2O3S. The van der Waals surface area contributed by atoms with Crippen LogP contribution in [0.2, 0.25) is 0 Å². The molecule has 0 amide bonds. The van der Waals surface area contributed by atoms with Gasteiger partial charge < -0.3 is 4.74 Å². The zero-order valence-electron chi connectivity index (χ0n) is 15.5. The van der Waals surface area contributed by atoms with E-state index in [0.717, 1.165) is 5.57 Å². The lowest BCUT2D eigenvalue weighted by Crippen LogP contribution is -2.38. The van der Waals surface area contributed by atoms with Gasteiger partial charge in [0.05, 0.1) is 5.39 Å². The average molecular weight is 398 g/mol. The van der Waals surface area contributed by atoms with Crippen LogP contribution >= 0.6 is 0 Å². The first-order valence-corrected chi connectivity index (χ1v) is 10.2. The molecule has 7 heteroatoms. The first kappa shape index (κ1) is 18.4. The number of para-hydroxylation sites is 1. The maximum Gasteiger partial charge on any atom is 0.249 e. The highest BCUT2D eigenvalue weighted by Crippen LogP contribution is 2.36. The minimum Gasteiger partial charge on any atom is -0.453 e. The van der Waals surface area contributed by atoms with Gasteiger partial charge in [0.15, 0.2) is 17.2 Å². The van der Waals surface area contributed by atoms with Crippen LogP contribution in [0.15, 0.2) is 72.6 Å². The summed E-state index contributed by atoms with van der Waals surface area (Å²) in [6.07, 6.45) is 8.69. The molecule has 144 valence electrons. The number of aromatic nitrogens is 2. The second-order valence-electron chi connectivity index (χ2n) is 7.06. The smallest absolute Gasteiger partial charge is 0.249 e. The van der Waals surface area contributed by atoms with Gasteiger partial charge in [-0.3, -0.25) is 0 Å². The van der Waals surface area contributed by atoms with E-state index in [0.29, 0.717) is 17.6 Å². The molecule has 4 rings (SSSR count). The van der Waals surface area contributed by atoms with Crippen molar-refractivity contribution >= 4 is 21.1 Å². The van der Waals surface area contributed by atoms with E-state index in [2.05, 4.69) is 4.98 Å². The second kappa shape index (κ2) is 6.60. The fourth-order valence-corrected chi connectivity index (χ4v) is 5.11. The standard InChI is InChI=1S/C21H19FN2O3S/c1-15-6-5-11-21(2,14-15)28(25,26)24-13-10-16-18(9-12-23-20(16)24)27-19-8-4-3-7-17(19)22/h3-13H,14H2,1-2H3. The van der Waals surface area contributed by atoms with Crippen LogP contribution in [0.1, 0.15) is 20.3 Å². The topological polar surface area (TPSA) is 61.2 Å². The number of hydrogen-bond acceptors (Lipinski definition) is 4. The average Bonchev–Trinajstić information content (AvgIpc) is 3.09. The summed E-state index contributed by atoms with van der Waals surface area (Å²) in [5.41, 5.74) is 1.23. The third-order valence-corrected chi connectivity index (χ3v) is 7.15. The number of benzene rings is 1. The summed E-state index contributed by atoms with van der Waals surface area (Å²) >= 11 is 0. The minimum absolute atomic E-state index is 0.0635. The van der Waals surface area contributed by atoms with Gasteiger partial charge in [0.1, 0.15) is 10.5 Å². The maximum absolute atomic E-state index is 13.9. The molecule has 0 bridgehead atoms. The summed E-state index contributed by atoms with van der Waals surface area (Å²) in [5, 5.41) is 0.491. The molecule has 0 radical (unpaired) electrons. The molecule has 28 heavy (non-hydrogen) atoms. The highest BCUT2D eigenvalue weighted by Gasteiger charge is 2.40. The third kappa shape index (κ3) is 2.92. The Morgan fingerprint density at radius 2 is 1.96 bits per heavy atom. The zero-order chi connectivity index (χ0) is 19.9. The maximum atomic E-state index is 13.9. The number of hydrogen-bond donors (Lipinski definition) is 0. The molecule has 3 aromatic rings. The molecule has 2 aromatic heterocycles. The molecule has 1 atom stereocenters. The minimum atomic E-state index is -3.78. The normalized spacial score (nSPS) is 19.6. The molecule has 1 aromatic carbocycles. The Labute approximate surface area is 162 Å². The summed E-state index contributed by atoms with van der Waals surface area (Å²) in [6.45, 7) is 3.60. The predicted octanol–water partition coefficient (Wildman–Crippen LogP) is 4.81. The lowest BCUT2D eigenvalue weighted by Gasteiger charge is -2.29. The van der Waals surface area contributed by atoms with Gasteiger partial charge >= 0.3 is 0 Å². The Bertz CT molecular complexity index is 1230. The van der Waals surface area contributed by atoms with Crippen molar-refractivity contribution in [1.82, 2.24) is 8.96 Å². The summed E-state index contributed by atoms with van der Waals surface area (Å²) in [5.74, 6) is -0.0976. The lowest BCUT2D eigenvalue weighted by atomic mass is 9.96. The fourth-order valence-electron chi connectivity index (χ4n) is 3.41. The molecule has 5 nitrogen and oxygen atoms in total. The Balaban J connectivity index is 1.80. The van der Waals surface area contributed by atoms with Crippen LogP contribution in [-0.4, -0.2) is 22.1 Å². The second-order valence-corrected chi connectivity index (χ2v) is 9.33. The highest BCUT2D eigenvalue weighted by atomic mass is 32.2. The number of ether oxygens (including phenoxy) is 1. The van der Waals surface area contributed by atoms with Crippen molar-refractivity contribution in [2.24, 2.45) is 0 Å². The molecule has 0 spiro atoms. The van der Waals surface area contributed by atoms with Gasteiger partial charge in [-0.25, -0.2) is 21.8 Å². The summed E-state index contributed by atoms with van der Waals surface area (Å²) in [4.78, 5) is 4.25. The number of fused-ring (bicyclic) bond motifs is 1. The van der Waals surface area contributed by atoms with E-state index in [9.17, 15) is 12.8 Å². The molecule has 0 saturated carbocycles. The van der Waals surface area contributed by atoms with E-state index >= 15 is 0 Å². The van der Waals surface area contributed by atoms with Crippen molar-refractivity contribution in [2.75, 3.05) is 0 Å². The van der Waals surface area contributed by atoms with Gasteiger partial charge in [-0.15, -0.1) is 0 Å². The van der Waals surface area contributed by atoms with Crippen molar-refractivity contribution in [3.63, 3.8) is 0 Å². The molecular weight excluding hydrogens is 379 g/mol. The Hall–Kier alpha value is -2.93. The summed E-state index contributed by atoms with van der Waals surface area (Å²) < 4.78 is 46.5. The van der Waals surface area contributed by atoms with Gasteiger partial charge in [0.2, 0.25) is 10.0 Å². The fraction of sp³-hybridized carbons (Fsp3) is 0.190. The molecule has 0 fully saturated rings. The summed E-state index contributed by atoms with van der Waals surface area (Å²) in [7, 11) is -3.78. The van der Waals surface area contributed by atoms with Crippen LogP contribution in [-0.2, 0) is 10.0 Å².